The van der Waals surface area contributed by atoms with Gasteiger partial charge in [0.1, 0.15) is 48.3 Å². The fourth-order valence-electron chi connectivity index (χ4n) is 12.1. The molecule has 6 aliphatic rings. The highest BCUT2D eigenvalue weighted by Crippen LogP contribution is 2.69. The van der Waals surface area contributed by atoms with Crippen LogP contribution in [0.1, 0.15) is 86.0 Å². The van der Waals surface area contributed by atoms with E-state index in [1.165, 1.54) is 7.11 Å². The van der Waals surface area contributed by atoms with Crippen molar-refractivity contribution in [3.05, 3.63) is 0 Å². The molecular formula is C38H66O14. The molecule has 4 saturated carbocycles. The van der Waals surface area contributed by atoms with Gasteiger partial charge in [-0.15, -0.1) is 0 Å². The van der Waals surface area contributed by atoms with E-state index in [9.17, 15) is 46.0 Å². The van der Waals surface area contributed by atoms with Gasteiger partial charge in [-0.2, -0.15) is 0 Å². The van der Waals surface area contributed by atoms with E-state index in [0.717, 1.165) is 12.8 Å². The average Bonchev–Trinajstić information content (AvgIpc) is 3.38. The molecule has 0 bridgehead atoms. The lowest BCUT2D eigenvalue weighted by molar-refractivity contribution is -0.351. The van der Waals surface area contributed by atoms with Gasteiger partial charge in [-0.3, -0.25) is 0 Å². The molecule has 2 saturated heterocycles. The van der Waals surface area contributed by atoms with Crippen molar-refractivity contribution in [2.45, 2.75) is 171 Å². The molecule has 14 heteroatoms. The van der Waals surface area contributed by atoms with Crippen molar-refractivity contribution < 1.29 is 69.6 Å². The van der Waals surface area contributed by atoms with Crippen LogP contribution >= 0.6 is 0 Å². The van der Waals surface area contributed by atoms with Crippen molar-refractivity contribution in [2.75, 3.05) is 20.3 Å². The number of hydrogen-bond donors (Lipinski definition) is 9. The molecule has 302 valence electrons. The molecule has 0 aromatic rings. The Labute approximate surface area is 307 Å². The number of rotatable bonds is 10. The summed E-state index contributed by atoms with van der Waals surface area (Å²) in [4.78, 5) is 0. The Morgan fingerprint density at radius 1 is 0.731 bits per heavy atom. The number of hydrogen-bond acceptors (Lipinski definition) is 14. The number of methoxy groups -OCH3 is 1. The fraction of sp³-hybridized carbons (Fsp3) is 1.00. The van der Waals surface area contributed by atoms with Crippen molar-refractivity contribution in [1.29, 1.82) is 0 Å². The van der Waals surface area contributed by atoms with Crippen LogP contribution < -0.4 is 0 Å². The minimum absolute atomic E-state index is 0.0232. The second kappa shape index (κ2) is 15.4. The van der Waals surface area contributed by atoms with E-state index in [0.29, 0.717) is 38.5 Å². The third-order valence-corrected chi connectivity index (χ3v) is 14.9. The molecule has 0 aromatic carbocycles. The van der Waals surface area contributed by atoms with Crippen molar-refractivity contribution in [3.8, 4) is 0 Å². The molecule has 14 nitrogen and oxygen atoms in total. The second-order valence-corrected chi connectivity index (χ2v) is 18.1. The molecule has 21 atom stereocenters. The number of ether oxygens (including phenoxy) is 5. The number of aliphatic hydroxyl groups is 9. The van der Waals surface area contributed by atoms with Gasteiger partial charge in [-0.05, 0) is 91.8 Å². The number of aliphatic hydroxyl groups excluding tert-OH is 8. The summed E-state index contributed by atoms with van der Waals surface area (Å²) < 4.78 is 29.6. The lowest BCUT2D eigenvalue weighted by Crippen LogP contribution is -2.75. The van der Waals surface area contributed by atoms with Gasteiger partial charge in [-0.1, -0.05) is 34.6 Å². The van der Waals surface area contributed by atoms with Crippen LogP contribution in [0.15, 0.2) is 0 Å². The third kappa shape index (κ3) is 6.82. The molecule has 0 radical (unpaired) electrons. The summed E-state index contributed by atoms with van der Waals surface area (Å²) in [5.41, 5.74) is -2.64. The van der Waals surface area contributed by atoms with E-state index < -0.39 is 96.0 Å². The molecule has 6 fully saturated rings. The first-order chi connectivity index (χ1) is 24.4. The van der Waals surface area contributed by atoms with Gasteiger partial charge in [0.2, 0.25) is 0 Å². The Morgan fingerprint density at radius 3 is 2.06 bits per heavy atom. The summed E-state index contributed by atoms with van der Waals surface area (Å²) in [5.74, 6) is -1.11. The van der Waals surface area contributed by atoms with Crippen LogP contribution in [0.2, 0.25) is 0 Å². The standard InChI is InChI=1S/C38H66O14/c1-17(2)25(51-35-31(30(48-6)24(42)16-50-35)52-34-29(45)28(44)23(41)15-49-34)8-7-18(3)20-14-22(40)32-37(20,5)12-10-26-36(4)11-9-19(39)13-21(36)27(43)33(46)38(26,32)47/h17-35,39-47H,7-16H2,1-6H3. The molecule has 0 amide bonds. The Morgan fingerprint density at radius 2 is 1.38 bits per heavy atom. The summed E-state index contributed by atoms with van der Waals surface area (Å²) in [5, 5.41) is 99.4. The molecule has 52 heavy (non-hydrogen) atoms. The molecule has 2 aliphatic heterocycles. The summed E-state index contributed by atoms with van der Waals surface area (Å²) in [7, 11) is 1.42. The highest BCUT2D eigenvalue weighted by molar-refractivity contribution is 5.23. The molecule has 9 N–H and O–H groups in total. The predicted molar refractivity (Wildman–Crippen MR) is 184 cm³/mol. The topological polar surface area (TPSA) is 228 Å². The van der Waals surface area contributed by atoms with Crippen LogP contribution in [-0.2, 0) is 23.7 Å². The Bertz CT molecular complexity index is 1210. The molecular weight excluding hydrogens is 680 g/mol. The monoisotopic (exact) mass is 746 g/mol. The van der Waals surface area contributed by atoms with Crippen LogP contribution in [0.5, 0.6) is 0 Å². The maximum absolute atomic E-state index is 12.7. The van der Waals surface area contributed by atoms with E-state index in [-0.39, 0.29) is 48.9 Å². The van der Waals surface area contributed by atoms with Crippen molar-refractivity contribution in [3.63, 3.8) is 0 Å². The van der Waals surface area contributed by atoms with Crippen LogP contribution in [0.4, 0.5) is 0 Å². The lowest BCUT2D eigenvalue weighted by atomic mass is 9.41. The molecule has 21 unspecified atom stereocenters. The van der Waals surface area contributed by atoms with E-state index in [2.05, 4.69) is 20.8 Å². The zero-order chi connectivity index (χ0) is 38.1. The maximum atomic E-state index is 12.7. The van der Waals surface area contributed by atoms with Gasteiger partial charge in [0.05, 0.1) is 37.6 Å². The lowest BCUT2D eigenvalue weighted by Gasteiger charge is -2.67. The summed E-state index contributed by atoms with van der Waals surface area (Å²) in [6.07, 6.45) is -9.18. The van der Waals surface area contributed by atoms with Crippen LogP contribution in [-0.4, -0.2) is 152 Å². The predicted octanol–water partition coefficient (Wildman–Crippen LogP) is 0.0474. The van der Waals surface area contributed by atoms with E-state index in [1.807, 2.05) is 13.8 Å². The van der Waals surface area contributed by atoms with E-state index in [1.54, 1.807) is 0 Å². The van der Waals surface area contributed by atoms with Crippen molar-refractivity contribution in [2.24, 2.45) is 46.3 Å². The Hall–Kier alpha value is -0.560. The Balaban J connectivity index is 1.16. The van der Waals surface area contributed by atoms with Gasteiger partial charge in [0.15, 0.2) is 12.6 Å². The third-order valence-electron chi connectivity index (χ3n) is 14.9. The van der Waals surface area contributed by atoms with Crippen LogP contribution in [0.25, 0.3) is 0 Å². The first kappa shape index (κ1) is 41.1. The maximum Gasteiger partial charge on any atom is 0.186 e. The minimum Gasteiger partial charge on any atom is -0.393 e. The zero-order valence-corrected chi connectivity index (χ0v) is 31.6. The van der Waals surface area contributed by atoms with Gasteiger partial charge in [0, 0.05) is 13.0 Å². The molecule has 6 rings (SSSR count). The summed E-state index contributed by atoms with van der Waals surface area (Å²) in [6, 6.07) is 0. The normalized spacial score (nSPS) is 53.5. The first-order valence-corrected chi connectivity index (χ1v) is 19.6. The SMILES string of the molecule is COC1C(O)COC(OC(CCC(C)C2CC(O)C3C2(C)CCC2C4(C)CCC(O)CC4C(O)C(O)C23O)C(C)C)C1OC1OCC(O)C(O)C1O. The van der Waals surface area contributed by atoms with Gasteiger partial charge < -0.3 is 69.6 Å². The Kier molecular flexibility index (Phi) is 12.2. The molecule has 0 aromatic heterocycles. The second-order valence-electron chi connectivity index (χ2n) is 18.1. The smallest absolute Gasteiger partial charge is 0.186 e. The molecule has 4 aliphatic carbocycles. The highest BCUT2D eigenvalue weighted by Gasteiger charge is 2.73. The fourth-order valence-corrected chi connectivity index (χ4v) is 12.1. The van der Waals surface area contributed by atoms with Crippen molar-refractivity contribution >= 4 is 0 Å². The van der Waals surface area contributed by atoms with Crippen molar-refractivity contribution in [1.82, 2.24) is 0 Å². The summed E-state index contributed by atoms with van der Waals surface area (Å²) >= 11 is 0. The minimum atomic E-state index is -1.67. The highest BCUT2D eigenvalue weighted by atomic mass is 16.8. The first-order valence-electron chi connectivity index (χ1n) is 19.6. The molecule has 0 spiro atoms. The van der Waals surface area contributed by atoms with E-state index >= 15 is 0 Å². The largest absolute Gasteiger partial charge is 0.393 e. The van der Waals surface area contributed by atoms with E-state index in [4.69, 9.17) is 23.7 Å². The van der Waals surface area contributed by atoms with Gasteiger partial charge >= 0.3 is 0 Å². The van der Waals surface area contributed by atoms with Crippen LogP contribution in [0.3, 0.4) is 0 Å². The van der Waals surface area contributed by atoms with Gasteiger partial charge in [0.25, 0.3) is 0 Å². The molecule has 2 heterocycles. The number of fused-ring (bicyclic) bond motifs is 5. The average molecular weight is 747 g/mol. The quantitative estimate of drug-likeness (QED) is 0.144. The van der Waals surface area contributed by atoms with Gasteiger partial charge in [-0.25, -0.2) is 0 Å². The zero-order valence-electron chi connectivity index (χ0n) is 31.6. The van der Waals surface area contributed by atoms with Crippen LogP contribution in [0, 0.1) is 46.3 Å². The summed E-state index contributed by atoms with van der Waals surface area (Å²) in [6.45, 7) is 10.1.